The fourth-order valence-electron chi connectivity index (χ4n) is 2.30. The summed E-state index contributed by atoms with van der Waals surface area (Å²) >= 11 is 3.53. The van der Waals surface area contributed by atoms with Crippen LogP contribution in [0.1, 0.15) is 17.0 Å². The van der Waals surface area contributed by atoms with E-state index in [0.29, 0.717) is 0 Å². The Labute approximate surface area is 128 Å². The topological polar surface area (TPSA) is 33.1 Å². The minimum atomic E-state index is 0.781. The predicted molar refractivity (Wildman–Crippen MR) is 88.5 cm³/mol. The van der Waals surface area contributed by atoms with E-state index in [1.165, 1.54) is 16.9 Å². The van der Waals surface area contributed by atoms with Gasteiger partial charge in [0.15, 0.2) is 0 Å². The number of hydrogen-bond acceptors (Lipinski definition) is 3. The van der Waals surface area contributed by atoms with Gasteiger partial charge in [-0.25, -0.2) is 0 Å². The van der Waals surface area contributed by atoms with Crippen molar-refractivity contribution < 1.29 is 0 Å². The first-order chi connectivity index (χ1) is 9.40. The van der Waals surface area contributed by atoms with E-state index in [0.717, 1.165) is 22.4 Å². The van der Waals surface area contributed by atoms with E-state index in [4.69, 9.17) is 0 Å². The third-order valence-electron chi connectivity index (χ3n) is 3.55. The van der Waals surface area contributed by atoms with Crippen LogP contribution in [0.5, 0.6) is 0 Å². The van der Waals surface area contributed by atoms with Gasteiger partial charge in [-0.15, -0.1) is 0 Å². The monoisotopic (exact) mass is 336 g/mol. The molecule has 1 N–H and O–H groups in total. The maximum absolute atomic E-state index is 4.45. The van der Waals surface area contributed by atoms with Gasteiger partial charge in [0.25, 0.3) is 0 Å². The Balaban J connectivity index is 2.24. The zero-order valence-corrected chi connectivity index (χ0v) is 14.2. The van der Waals surface area contributed by atoms with Crippen LogP contribution in [0.4, 0.5) is 11.4 Å². The van der Waals surface area contributed by atoms with E-state index in [1.54, 1.807) is 0 Å². The van der Waals surface area contributed by atoms with E-state index in [-0.39, 0.29) is 0 Å². The van der Waals surface area contributed by atoms with Crippen LogP contribution in [0.2, 0.25) is 0 Å². The van der Waals surface area contributed by atoms with Crippen LogP contribution in [0.15, 0.2) is 22.7 Å². The molecule has 108 valence electrons. The third kappa shape index (κ3) is 2.98. The Morgan fingerprint density at radius 2 is 2.00 bits per heavy atom. The Morgan fingerprint density at radius 3 is 2.55 bits per heavy atom. The maximum atomic E-state index is 4.45. The van der Waals surface area contributed by atoms with Crippen molar-refractivity contribution in [2.75, 3.05) is 24.3 Å². The standard InChI is InChI=1S/C15H21BrN4/c1-10-13(11(2)20(5)18-10)9-17-14-8-12(16)6-7-15(14)19(3)4/h6-8,17H,9H2,1-5H3. The summed E-state index contributed by atoms with van der Waals surface area (Å²) < 4.78 is 3.00. The molecular formula is C15H21BrN4. The third-order valence-corrected chi connectivity index (χ3v) is 4.05. The highest BCUT2D eigenvalue weighted by molar-refractivity contribution is 9.10. The van der Waals surface area contributed by atoms with Gasteiger partial charge < -0.3 is 10.2 Å². The molecule has 0 spiro atoms. The number of nitrogens with one attached hydrogen (secondary N) is 1. The second kappa shape index (κ2) is 5.87. The maximum Gasteiger partial charge on any atom is 0.0646 e. The fourth-order valence-corrected chi connectivity index (χ4v) is 2.66. The summed E-state index contributed by atoms with van der Waals surface area (Å²) in [5.41, 5.74) is 5.84. The van der Waals surface area contributed by atoms with E-state index in [1.807, 2.05) is 11.7 Å². The van der Waals surface area contributed by atoms with E-state index in [2.05, 4.69) is 77.4 Å². The zero-order valence-electron chi connectivity index (χ0n) is 12.7. The molecule has 4 nitrogen and oxygen atoms in total. The molecule has 20 heavy (non-hydrogen) atoms. The van der Waals surface area contributed by atoms with Crippen LogP contribution in [0.3, 0.4) is 0 Å². The van der Waals surface area contributed by atoms with Crippen molar-refractivity contribution in [1.29, 1.82) is 0 Å². The minimum Gasteiger partial charge on any atom is -0.379 e. The van der Waals surface area contributed by atoms with Gasteiger partial charge in [-0.1, -0.05) is 15.9 Å². The highest BCUT2D eigenvalue weighted by Crippen LogP contribution is 2.28. The quantitative estimate of drug-likeness (QED) is 0.927. The van der Waals surface area contributed by atoms with Crippen LogP contribution in [-0.4, -0.2) is 23.9 Å². The van der Waals surface area contributed by atoms with Crippen LogP contribution < -0.4 is 10.2 Å². The van der Waals surface area contributed by atoms with E-state index in [9.17, 15) is 0 Å². The average Bonchev–Trinajstić information content (AvgIpc) is 2.61. The van der Waals surface area contributed by atoms with Crippen molar-refractivity contribution in [3.63, 3.8) is 0 Å². The molecule has 5 heteroatoms. The van der Waals surface area contributed by atoms with Crippen LogP contribution in [-0.2, 0) is 13.6 Å². The fraction of sp³-hybridized carbons (Fsp3) is 0.400. The normalized spacial score (nSPS) is 10.7. The molecule has 0 aliphatic carbocycles. The van der Waals surface area contributed by atoms with Gasteiger partial charge in [0.1, 0.15) is 0 Å². The molecule has 0 aliphatic rings. The van der Waals surface area contributed by atoms with Crippen LogP contribution in [0.25, 0.3) is 0 Å². The van der Waals surface area contributed by atoms with Gasteiger partial charge in [-0.05, 0) is 32.0 Å². The number of rotatable bonds is 4. The summed E-state index contributed by atoms with van der Waals surface area (Å²) in [5.74, 6) is 0. The molecule has 0 bridgehead atoms. The molecule has 0 atom stereocenters. The molecule has 2 aromatic rings. The molecule has 0 saturated heterocycles. The first-order valence-electron chi connectivity index (χ1n) is 6.60. The number of nitrogens with zero attached hydrogens (tertiary/aromatic N) is 3. The van der Waals surface area contributed by atoms with Crippen molar-refractivity contribution in [1.82, 2.24) is 9.78 Å². The van der Waals surface area contributed by atoms with Crippen molar-refractivity contribution in [3.8, 4) is 0 Å². The number of aryl methyl sites for hydroxylation is 2. The molecule has 1 aromatic heterocycles. The molecule has 2 rings (SSSR count). The zero-order chi connectivity index (χ0) is 14.9. The molecule has 0 radical (unpaired) electrons. The lowest BCUT2D eigenvalue weighted by atomic mass is 10.2. The molecular weight excluding hydrogens is 316 g/mol. The van der Waals surface area contributed by atoms with Gasteiger partial charge in [0, 0.05) is 43.4 Å². The lowest BCUT2D eigenvalue weighted by molar-refractivity contribution is 0.730. The van der Waals surface area contributed by atoms with Gasteiger partial charge >= 0.3 is 0 Å². The van der Waals surface area contributed by atoms with Crippen LogP contribution >= 0.6 is 15.9 Å². The Kier molecular flexibility index (Phi) is 4.38. The Hall–Kier alpha value is -1.49. The summed E-state index contributed by atoms with van der Waals surface area (Å²) in [4.78, 5) is 2.11. The number of anilines is 2. The molecule has 0 unspecified atom stereocenters. The first kappa shape index (κ1) is 14.9. The number of aromatic nitrogens is 2. The largest absolute Gasteiger partial charge is 0.379 e. The first-order valence-corrected chi connectivity index (χ1v) is 7.39. The summed E-state index contributed by atoms with van der Waals surface area (Å²) in [6, 6.07) is 6.27. The predicted octanol–water partition coefficient (Wildman–Crippen LogP) is 3.48. The molecule has 1 aromatic carbocycles. The van der Waals surface area contributed by atoms with Gasteiger partial charge in [0.2, 0.25) is 0 Å². The number of halogens is 1. The molecule has 1 heterocycles. The summed E-state index contributed by atoms with van der Waals surface area (Å²) in [6.07, 6.45) is 0. The molecule has 0 fully saturated rings. The molecule has 0 amide bonds. The van der Waals surface area contributed by atoms with Gasteiger partial charge in [0.05, 0.1) is 17.1 Å². The second-order valence-corrected chi connectivity index (χ2v) is 6.10. The lowest BCUT2D eigenvalue weighted by Crippen LogP contribution is -2.12. The van der Waals surface area contributed by atoms with Gasteiger partial charge in [-0.3, -0.25) is 4.68 Å². The van der Waals surface area contributed by atoms with Gasteiger partial charge in [-0.2, -0.15) is 5.10 Å². The molecule has 0 aliphatic heterocycles. The smallest absolute Gasteiger partial charge is 0.0646 e. The average molecular weight is 337 g/mol. The highest BCUT2D eigenvalue weighted by atomic mass is 79.9. The highest BCUT2D eigenvalue weighted by Gasteiger charge is 2.11. The van der Waals surface area contributed by atoms with E-state index >= 15 is 0 Å². The minimum absolute atomic E-state index is 0.781. The Morgan fingerprint density at radius 1 is 1.30 bits per heavy atom. The van der Waals surface area contributed by atoms with Crippen molar-refractivity contribution in [2.45, 2.75) is 20.4 Å². The van der Waals surface area contributed by atoms with Crippen molar-refractivity contribution >= 4 is 27.3 Å². The summed E-state index contributed by atoms with van der Waals surface area (Å²) in [6.45, 7) is 4.94. The summed E-state index contributed by atoms with van der Waals surface area (Å²) in [5, 5.41) is 7.98. The Bertz CT molecular complexity index is 617. The summed E-state index contributed by atoms with van der Waals surface area (Å²) in [7, 11) is 6.08. The van der Waals surface area contributed by atoms with Crippen molar-refractivity contribution in [2.24, 2.45) is 7.05 Å². The van der Waals surface area contributed by atoms with Crippen LogP contribution in [0, 0.1) is 13.8 Å². The SMILES string of the molecule is Cc1nn(C)c(C)c1CNc1cc(Br)ccc1N(C)C. The van der Waals surface area contributed by atoms with Crippen molar-refractivity contribution in [3.05, 3.63) is 39.6 Å². The number of hydrogen-bond donors (Lipinski definition) is 1. The second-order valence-electron chi connectivity index (χ2n) is 5.18. The molecule has 0 saturated carbocycles. The lowest BCUT2D eigenvalue weighted by Gasteiger charge is -2.19. The van der Waals surface area contributed by atoms with E-state index < -0.39 is 0 Å². The number of benzene rings is 1.